The van der Waals surface area contributed by atoms with E-state index in [1.165, 1.54) is 161 Å². The number of hydrogen-bond acceptors (Lipinski definition) is 6. The third-order valence-corrected chi connectivity index (χ3v) is 10.4. The predicted octanol–water partition coefficient (Wildman–Crippen LogP) is 12.9. The fourth-order valence-electron chi connectivity index (χ4n) is 6.38. The highest BCUT2D eigenvalue weighted by Gasteiger charge is 2.25. The summed E-state index contributed by atoms with van der Waals surface area (Å²) in [5.41, 5.74) is 6.02. The van der Waals surface area contributed by atoms with Crippen molar-refractivity contribution in [2.75, 3.05) is 33.0 Å². The monoisotopic (exact) mass is 720 g/mol. The van der Waals surface area contributed by atoms with Gasteiger partial charge in [-0.25, -0.2) is 4.57 Å². The average molecular weight is 720 g/mol. The first-order valence-electron chi connectivity index (χ1n) is 21.4. The van der Waals surface area contributed by atoms with Gasteiger partial charge in [0.05, 0.1) is 19.8 Å². The molecule has 3 atom stereocenters. The van der Waals surface area contributed by atoms with Crippen molar-refractivity contribution in [2.45, 2.75) is 226 Å². The summed E-state index contributed by atoms with van der Waals surface area (Å²) in [6, 6.07) is -0.301. The van der Waals surface area contributed by atoms with Crippen LogP contribution in [0, 0.1) is 5.92 Å². The fourth-order valence-corrected chi connectivity index (χ4v) is 7.19. The molecule has 0 aromatic heterocycles. The van der Waals surface area contributed by atoms with Crippen molar-refractivity contribution in [3.05, 3.63) is 0 Å². The molecule has 0 spiro atoms. The Morgan fingerprint density at radius 3 is 1.24 bits per heavy atom. The molecule has 49 heavy (non-hydrogen) atoms. The van der Waals surface area contributed by atoms with E-state index in [1.807, 2.05) is 0 Å². The smallest absolute Gasteiger partial charge is 0.379 e. The zero-order valence-corrected chi connectivity index (χ0v) is 34.2. The molecule has 8 heteroatoms. The number of rotatable bonds is 41. The summed E-state index contributed by atoms with van der Waals surface area (Å²) in [4.78, 5) is 10.2. The maximum atomic E-state index is 12.5. The topological polar surface area (TPSA) is 100 Å². The minimum atomic E-state index is -4.21. The molecule has 0 aromatic rings. The van der Waals surface area contributed by atoms with Crippen LogP contribution in [0.2, 0.25) is 0 Å². The Labute approximate surface area is 305 Å². The summed E-state index contributed by atoms with van der Waals surface area (Å²) in [6.45, 7) is 10.3. The molecule has 7 nitrogen and oxygen atoms in total. The lowest BCUT2D eigenvalue weighted by atomic mass is 10.0. The van der Waals surface area contributed by atoms with Gasteiger partial charge in [-0.05, 0) is 25.2 Å². The van der Waals surface area contributed by atoms with Crippen molar-refractivity contribution >= 4 is 7.82 Å². The standard InChI is InChI=1S/C41H86NO6P/c1-5-7-9-11-13-15-17-19-21-23-25-27-29-31-33-45-37-41(38-48-49(43,44)47-36-40(42)35-39(3)4)46-34-32-30-28-26-24-22-20-18-16-14-12-10-8-6-2/h39-41H,5-38,42H2,1-4H3,(H,43,44)/t40?,41-/m1/s1. The summed E-state index contributed by atoms with van der Waals surface area (Å²) in [6.07, 6.45) is 37.4. The first-order chi connectivity index (χ1) is 23.8. The van der Waals surface area contributed by atoms with Crippen LogP contribution in [0.4, 0.5) is 0 Å². The molecule has 296 valence electrons. The van der Waals surface area contributed by atoms with Gasteiger partial charge in [0.25, 0.3) is 0 Å². The third-order valence-electron chi connectivity index (χ3n) is 9.45. The van der Waals surface area contributed by atoms with E-state index in [2.05, 4.69) is 27.7 Å². The molecule has 0 amide bonds. The van der Waals surface area contributed by atoms with E-state index in [-0.39, 0.29) is 19.3 Å². The van der Waals surface area contributed by atoms with Crippen LogP contribution in [-0.4, -0.2) is 50.1 Å². The second kappa shape index (κ2) is 37.7. The third kappa shape index (κ3) is 39.0. The van der Waals surface area contributed by atoms with Crippen molar-refractivity contribution in [1.29, 1.82) is 0 Å². The Kier molecular flexibility index (Phi) is 37.7. The summed E-state index contributed by atoms with van der Waals surface area (Å²) in [7, 11) is -4.21. The van der Waals surface area contributed by atoms with Crippen molar-refractivity contribution in [3.63, 3.8) is 0 Å². The molecular weight excluding hydrogens is 633 g/mol. The first kappa shape index (κ1) is 49.0. The molecule has 0 radical (unpaired) electrons. The van der Waals surface area contributed by atoms with E-state index in [4.69, 9.17) is 24.3 Å². The molecule has 0 saturated heterocycles. The van der Waals surface area contributed by atoms with Gasteiger partial charge in [0, 0.05) is 19.3 Å². The SMILES string of the molecule is CCCCCCCCCCCCCCCCOC[C@H](COP(=O)(O)OCC(N)CC(C)C)OCCCCCCCCCCCCCCCC. The number of phosphoric acid groups is 1. The Morgan fingerprint density at radius 2 is 0.857 bits per heavy atom. The molecule has 0 bridgehead atoms. The second-order valence-electron chi connectivity index (χ2n) is 15.2. The van der Waals surface area contributed by atoms with Gasteiger partial charge >= 0.3 is 7.82 Å². The van der Waals surface area contributed by atoms with Crippen molar-refractivity contribution in [2.24, 2.45) is 11.7 Å². The van der Waals surface area contributed by atoms with Gasteiger partial charge in [0.15, 0.2) is 0 Å². The van der Waals surface area contributed by atoms with E-state index < -0.39 is 13.9 Å². The van der Waals surface area contributed by atoms with Crippen LogP contribution in [0.15, 0.2) is 0 Å². The molecule has 2 unspecified atom stereocenters. The van der Waals surface area contributed by atoms with Crippen LogP contribution < -0.4 is 5.73 Å². The molecule has 0 rings (SSSR count). The Morgan fingerprint density at radius 1 is 0.510 bits per heavy atom. The van der Waals surface area contributed by atoms with Crippen LogP contribution >= 0.6 is 7.82 Å². The molecule has 0 heterocycles. The van der Waals surface area contributed by atoms with E-state index in [1.54, 1.807) is 0 Å². The van der Waals surface area contributed by atoms with Crippen LogP contribution in [-0.2, 0) is 23.1 Å². The summed E-state index contributed by atoms with van der Waals surface area (Å²) < 4.78 is 35.0. The number of nitrogens with two attached hydrogens (primary N) is 1. The molecule has 0 aliphatic rings. The van der Waals surface area contributed by atoms with Crippen LogP contribution in [0.1, 0.15) is 214 Å². The highest BCUT2D eigenvalue weighted by molar-refractivity contribution is 7.47. The second-order valence-corrected chi connectivity index (χ2v) is 16.7. The minimum Gasteiger partial charge on any atom is -0.379 e. The zero-order chi connectivity index (χ0) is 36.1. The van der Waals surface area contributed by atoms with E-state index in [0.29, 0.717) is 25.7 Å². The molecule has 0 fully saturated rings. The quantitative estimate of drug-likeness (QED) is 0.0479. The van der Waals surface area contributed by atoms with Crippen molar-refractivity contribution in [3.8, 4) is 0 Å². The maximum absolute atomic E-state index is 12.5. The highest BCUT2D eigenvalue weighted by Crippen LogP contribution is 2.43. The molecule has 0 aromatic carbocycles. The van der Waals surface area contributed by atoms with Gasteiger partial charge in [0.2, 0.25) is 0 Å². The van der Waals surface area contributed by atoms with E-state index in [0.717, 1.165) is 25.7 Å². The molecular formula is C41H86NO6P. The van der Waals surface area contributed by atoms with Gasteiger partial charge in [-0.1, -0.05) is 195 Å². The fraction of sp³-hybridized carbons (Fsp3) is 1.00. The highest BCUT2D eigenvalue weighted by atomic mass is 31.2. The number of phosphoric ester groups is 1. The van der Waals surface area contributed by atoms with Gasteiger partial charge < -0.3 is 20.1 Å². The zero-order valence-electron chi connectivity index (χ0n) is 33.3. The number of ether oxygens (including phenoxy) is 2. The minimum absolute atomic E-state index is 0.00778. The van der Waals surface area contributed by atoms with Crippen molar-refractivity contribution in [1.82, 2.24) is 0 Å². The molecule has 0 aliphatic carbocycles. The summed E-state index contributed by atoms with van der Waals surface area (Å²) in [5.74, 6) is 0.391. The van der Waals surface area contributed by atoms with Crippen LogP contribution in [0.3, 0.4) is 0 Å². The Balaban J connectivity index is 4.14. The lowest BCUT2D eigenvalue weighted by Gasteiger charge is -2.21. The van der Waals surface area contributed by atoms with Gasteiger partial charge in [0.1, 0.15) is 6.10 Å². The maximum Gasteiger partial charge on any atom is 0.472 e. The summed E-state index contributed by atoms with van der Waals surface area (Å²) >= 11 is 0. The molecule has 0 saturated carbocycles. The van der Waals surface area contributed by atoms with Crippen LogP contribution in [0.25, 0.3) is 0 Å². The Hall–Kier alpha value is -0.0100. The first-order valence-corrected chi connectivity index (χ1v) is 22.9. The summed E-state index contributed by atoms with van der Waals surface area (Å²) in [5, 5.41) is 0. The lowest BCUT2D eigenvalue weighted by Crippen LogP contribution is -2.28. The largest absolute Gasteiger partial charge is 0.472 e. The van der Waals surface area contributed by atoms with Gasteiger partial charge in [-0.2, -0.15) is 0 Å². The Bertz CT molecular complexity index is 697. The number of hydrogen-bond donors (Lipinski definition) is 2. The van der Waals surface area contributed by atoms with E-state index >= 15 is 0 Å². The predicted molar refractivity (Wildman–Crippen MR) is 210 cm³/mol. The van der Waals surface area contributed by atoms with Crippen LogP contribution in [0.5, 0.6) is 0 Å². The lowest BCUT2D eigenvalue weighted by molar-refractivity contribution is -0.0445. The average Bonchev–Trinajstić information content (AvgIpc) is 3.07. The van der Waals surface area contributed by atoms with Gasteiger partial charge in [-0.15, -0.1) is 0 Å². The molecule has 3 N–H and O–H groups in total. The van der Waals surface area contributed by atoms with Crippen molar-refractivity contribution < 1.29 is 28.0 Å². The number of unbranched alkanes of at least 4 members (excludes halogenated alkanes) is 26. The molecule has 0 aliphatic heterocycles. The van der Waals surface area contributed by atoms with E-state index in [9.17, 15) is 9.46 Å². The van der Waals surface area contributed by atoms with Gasteiger partial charge in [-0.3, -0.25) is 9.05 Å². The normalized spacial score (nSPS) is 14.4.